The first kappa shape index (κ1) is 16.5. The maximum Gasteiger partial charge on any atom is 0.306 e. The van der Waals surface area contributed by atoms with E-state index in [4.69, 9.17) is 0 Å². The second-order valence-corrected chi connectivity index (χ2v) is 6.14. The number of ether oxygens (including phenoxy) is 1. The first-order chi connectivity index (χ1) is 9.35. The first-order valence-electron chi connectivity index (χ1n) is 6.04. The van der Waals surface area contributed by atoms with E-state index >= 15 is 0 Å². The number of esters is 1. The molecule has 0 atom stereocenters. The summed E-state index contributed by atoms with van der Waals surface area (Å²) in [5.41, 5.74) is 1.63. The van der Waals surface area contributed by atoms with Crippen molar-refractivity contribution >= 4 is 16.2 Å². The maximum atomic E-state index is 11.9. The molecule has 0 unspecified atom stereocenters. The van der Waals surface area contributed by atoms with E-state index in [9.17, 15) is 13.2 Å². The molecule has 0 fully saturated rings. The lowest BCUT2D eigenvalue weighted by Gasteiger charge is -2.17. The minimum absolute atomic E-state index is 0.0139. The number of hydrogen-bond acceptors (Lipinski definition) is 5. The summed E-state index contributed by atoms with van der Waals surface area (Å²) < 4.78 is 31.8. The summed E-state index contributed by atoms with van der Waals surface area (Å²) in [7, 11) is -0.960. The lowest BCUT2D eigenvalue weighted by Crippen LogP contribution is -2.38. The lowest BCUT2D eigenvalue weighted by molar-refractivity contribution is -0.140. The highest BCUT2D eigenvalue weighted by atomic mass is 32.2. The zero-order chi connectivity index (χ0) is 15.2. The van der Waals surface area contributed by atoms with Crippen molar-refractivity contribution in [1.29, 1.82) is 0 Å². The Morgan fingerprint density at radius 3 is 2.70 bits per heavy atom. The molecule has 0 spiro atoms. The summed E-state index contributed by atoms with van der Waals surface area (Å²) in [6, 6.07) is 3.61. The fraction of sp³-hybridized carbons (Fsp3) is 0.500. The number of carbonyl (C=O) groups is 1. The van der Waals surface area contributed by atoms with Gasteiger partial charge in [0.2, 0.25) is 0 Å². The van der Waals surface area contributed by atoms with E-state index in [-0.39, 0.29) is 19.5 Å². The Hall–Kier alpha value is -1.51. The largest absolute Gasteiger partial charge is 0.469 e. The first-order valence-corrected chi connectivity index (χ1v) is 7.48. The van der Waals surface area contributed by atoms with E-state index < -0.39 is 16.2 Å². The van der Waals surface area contributed by atoms with Crippen LogP contribution in [0.5, 0.6) is 0 Å². The fourth-order valence-corrected chi connectivity index (χ4v) is 2.26. The summed E-state index contributed by atoms with van der Waals surface area (Å²) >= 11 is 0. The summed E-state index contributed by atoms with van der Waals surface area (Å²) in [4.78, 5) is 15.1. The van der Waals surface area contributed by atoms with Crippen LogP contribution >= 0.6 is 0 Å². The van der Waals surface area contributed by atoms with Crippen LogP contribution in [0.1, 0.15) is 17.7 Å². The van der Waals surface area contributed by atoms with E-state index in [1.807, 2.05) is 13.0 Å². The van der Waals surface area contributed by atoms with Crippen LogP contribution in [0.15, 0.2) is 18.3 Å². The van der Waals surface area contributed by atoms with Gasteiger partial charge in [0.25, 0.3) is 10.2 Å². The van der Waals surface area contributed by atoms with Gasteiger partial charge in [0.05, 0.1) is 13.5 Å². The zero-order valence-electron chi connectivity index (χ0n) is 11.8. The van der Waals surface area contributed by atoms with Crippen LogP contribution in [0.25, 0.3) is 0 Å². The van der Waals surface area contributed by atoms with Crippen molar-refractivity contribution in [3.63, 3.8) is 0 Å². The van der Waals surface area contributed by atoms with Gasteiger partial charge in [-0.05, 0) is 18.6 Å². The molecule has 0 saturated heterocycles. The average Bonchev–Trinajstić information content (AvgIpc) is 2.43. The molecule has 0 aromatic carbocycles. The number of carbonyl (C=O) groups excluding carboxylic acids is 1. The van der Waals surface area contributed by atoms with Gasteiger partial charge in [-0.15, -0.1) is 0 Å². The standard InChI is InChI=1S/C12H19N3O4S/c1-10-4-5-11(8-13-10)9-14-20(17,18)15(2)7-6-12(16)19-3/h4-5,8,14H,6-7,9H2,1-3H3. The molecule has 8 heteroatoms. The normalized spacial score (nSPS) is 11.6. The van der Waals surface area contributed by atoms with E-state index in [1.54, 1.807) is 12.3 Å². The molecular formula is C12H19N3O4S. The molecule has 0 radical (unpaired) electrons. The summed E-state index contributed by atoms with van der Waals surface area (Å²) in [6.45, 7) is 2.07. The highest BCUT2D eigenvalue weighted by Crippen LogP contribution is 2.02. The van der Waals surface area contributed by atoms with Crippen LogP contribution in [0, 0.1) is 6.92 Å². The van der Waals surface area contributed by atoms with Crippen molar-refractivity contribution in [2.24, 2.45) is 0 Å². The Morgan fingerprint density at radius 2 is 2.15 bits per heavy atom. The fourth-order valence-electron chi connectivity index (χ4n) is 1.36. The predicted molar refractivity (Wildman–Crippen MR) is 74.0 cm³/mol. The summed E-state index contributed by atoms with van der Waals surface area (Å²) in [5, 5.41) is 0. The number of aryl methyl sites for hydroxylation is 1. The molecule has 0 bridgehead atoms. The molecule has 1 aromatic rings. The Bertz CT molecular complexity index is 542. The number of nitrogens with one attached hydrogen (secondary N) is 1. The molecule has 1 rings (SSSR count). The van der Waals surface area contributed by atoms with Gasteiger partial charge >= 0.3 is 5.97 Å². The van der Waals surface area contributed by atoms with Crippen LogP contribution in [-0.2, 0) is 26.3 Å². The Labute approximate surface area is 119 Å². The Kier molecular flexibility index (Phi) is 6.05. The SMILES string of the molecule is COC(=O)CCN(C)S(=O)(=O)NCc1ccc(C)nc1. The van der Waals surface area contributed by atoms with Crippen LogP contribution in [0.3, 0.4) is 0 Å². The average molecular weight is 301 g/mol. The minimum atomic E-state index is -3.62. The number of pyridine rings is 1. The van der Waals surface area contributed by atoms with Crippen molar-refractivity contribution in [3.8, 4) is 0 Å². The van der Waals surface area contributed by atoms with E-state index in [0.717, 1.165) is 15.6 Å². The highest BCUT2D eigenvalue weighted by molar-refractivity contribution is 7.87. The molecule has 7 nitrogen and oxygen atoms in total. The molecule has 0 aliphatic heterocycles. The van der Waals surface area contributed by atoms with E-state index in [1.165, 1.54) is 14.2 Å². The van der Waals surface area contributed by atoms with Gasteiger partial charge in [-0.1, -0.05) is 6.07 Å². The van der Waals surface area contributed by atoms with Crippen LogP contribution in [0.2, 0.25) is 0 Å². The minimum Gasteiger partial charge on any atom is -0.469 e. The van der Waals surface area contributed by atoms with Crippen LogP contribution in [0.4, 0.5) is 0 Å². The van der Waals surface area contributed by atoms with Crippen molar-refractivity contribution in [2.45, 2.75) is 19.9 Å². The summed E-state index contributed by atoms with van der Waals surface area (Å²) in [6.07, 6.45) is 1.63. The lowest BCUT2D eigenvalue weighted by atomic mass is 10.2. The third kappa shape index (κ3) is 5.24. The van der Waals surface area contributed by atoms with Crippen molar-refractivity contribution in [2.75, 3.05) is 20.7 Å². The predicted octanol–water partition coefficient (Wildman–Crippen LogP) is 0.219. The number of methoxy groups -OCH3 is 1. The summed E-state index contributed by atoms with van der Waals surface area (Å²) in [5.74, 6) is -0.449. The van der Waals surface area contributed by atoms with Gasteiger partial charge in [-0.3, -0.25) is 9.78 Å². The van der Waals surface area contributed by atoms with Crippen molar-refractivity contribution in [1.82, 2.24) is 14.0 Å². The third-order valence-corrected chi connectivity index (χ3v) is 4.21. The molecule has 112 valence electrons. The number of nitrogens with zero attached hydrogens (tertiary/aromatic N) is 2. The number of aromatic nitrogens is 1. The molecular weight excluding hydrogens is 282 g/mol. The van der Waals surface area contributed by atoms with Crippen molar-refractivity contribution < 1.29 is 17.9 Å². The van der Waals surface area contributed by atoms with Crippen molar-refractivity contribution in [3.05, 3.63) is 29.6 Å². The van der Waals surface area contributed by atoms with E-state index in [0.29, 0.717) is 0 Å². The van der Waals surface area contributed by atoms with E-state index in [2.05, 4.69) is 14.4 Å². The molecule has 1 heterocycles. The zero-order valence-corrected chi connectivity index (χ0v) is 12.6. The molecule has 0 amide bonds. The number of hydrogen-bond donors (Lipinski definition) is 1. The molecule has 0 aliphatic rings. The second-order valence-electron chi connectivity index (χ2n) is 4.28. The molecule has 1 N–H and O–H groups in total. The van der Waals surface area contributed by atoms with Gasteiger partial charge in [0, 0.05) is 32.0 Å². The third-order valence-electron chi connectivity index (χ3n) is 2.70. The molecule has 1 aromatic heterocycles. The maximum absolute atomic E-state index is 11.9. The molecule has 0 saturated carbocycles. The Morgan fingerprint density at radius 1 is 1.45 bits per heavy atom. The van der Waals surface area contributed by atoms with Gasteiger partial charge in [0.15, 0.2) is 0 Å². The highest BCUT2D eigenvalue weighted by Gasteiger charge is 2.18. The van der Waals surface area contributed by atoms with Gasteiger partial charge in [-0.25, -0.2) is 0 Å². The topological polar surface area (TPSA) is 88.6 Å². The van der Waals surface area contributed by atoms with Gasteiger partial charge < -0.3 is 4.74 Å². The smallest absolute Gasteiger partial charge is 0.306 e. The van der Waals surface area contributed by atoms with Crippen LogP contribution < -0.4 is 4.72 Å². The second kappa shape index (κ2) is 7.32. The number of rotatable bonds is 7. The monoisotopic (exact) mass is 301 g/mol. The van der Waals surface area contributed by atoms with Gasteiger partial charge in [-0.2, -0.15) is 17.4 Å². The van der Waals surface area contributed by atoms with Gasteiger partial charge in [0.1, 0.15) is 0 Å². The van der Waals surface area contributed by atoms with Crippen LogP contribution in [-0.4, -0.2) is 44.4 Å². The Balaban J connectivity index is 2.52. The quantitative estimate of drug-likeness (QED) is 0.728. The molecule has 0 aliphatic carbocycles. The molecule has 20 heavy (non-hydrogen) atoms.